The zero-order valence-electron chi connectivity index (χ0n) is 22.2. The van der Waals surface area contributed by atoms with E-state index in [0.717, 1.165) is 59.3 Å². The minimum Gasteiger partial charge on any atom is -0.488 e. The molecule has 0 aromatic heterocycles. The molecule has 6 nitrogen and oxygen atoms in total. The molecule has 1 heterocycles. The first-order valence-electron chi connectivity index (χ1n) is 13.5. The highest BCUT2D eigenvalue weighted by molar-refractivity contribution is 5.89. The molecule has 0 bridgehead atoms. The van der Waals surface area contributed by atoms with Crippen LogP contribution in [0, 0.1) is 6.92 Å². The van der Waals surface area contributed by atoms with Gasteiger partial charge in [-0.3, -0.25) is 9.69 Å². The molecule has 2 atom stereocenters. The van der Waals surface area contributed by atoms with E-state index >= 15 is 0 Å². The molecule has 1 amide bonds. The minimum absolute atomic E-state index is 0.157. The minimum atomic E-state index is -0.991. The Hall–Kier alpha value is -3.64. The molecule has 1 aliphatic heterocycles. The predicted molar refractivity (Wildman–Crippen MR) is 147 cm³/mol. The van der Waals surface area contributed by atoms with Gasteiger partial charge in [0, 0.05) is 24.6 Å². The number of rotatable bonds is 8. The molecule has 5 rings (SSSR count). The summed E-state index contributed by atoms with van der Waals surface area (Å²) in [5, 5.41) is 10.3. The van der Waals surface area contributed by atoms with Crippen molar-refractivity contribution in [1.29, 1.82) is 0 Å². The van der Waals surface area contributed by atoms with Crippen molar-refractivity contribution in [3.05, 3.63) is 101 Å². The average Bonchev–Trinajstić information content (AvgIpc) is 3.48. The van der Waals surface area contributed by atoms with Gasteiger partial charge >= 0.3 is 5.97 Å². The number of hydrogen-bond donors (Lipinski definition) is 1. The second kappa shape index (κ2) is 11.4. The fraction of sp³-hybridized carbons (Fsp3) is 0.375. The van der Waals surface area contributed by atoms with Crippen LogP contribution in [0.2, 0.25) is 0 Å². The highest BCUT2D eigenvalue weighted by Crippen LogP contribution is 2.37. The number of benzene rings is 3. The molecule has 6 heteroatoms. The Morgan fingerprint density at radius 1 is 1.00 bits per heavy atom. The average molecular weight is 513 g/mol. The van der Waals surface area contributed by atoms with Crippen LogP contribution in [0.1, 0.15) is 59.5 Å². The van der Waals surface area contributed by atoms with Gasteiger partial charge < -0.3 is 14.7 Å². The molecule has 1 fully saturated rings. The number of amides is 1. The predicted octanol–water partition coefficient (Wildman–Crippen LogP) is 5.53. The number of carboxylic acid groups (broad SMARTS) is 1. The topological polar surface area (TPSA) is 70.1 Å². The van der Waals surface area contributed by atoms with Gasteiger partial charge in [-0.1, -0.05) is 85.6 Å². The maximum absolute atomic E-state index is 14.3. The third kappa shape index (κ3) is 5.32. The Balaban J connectivity index is 1.47. The second-order valence-corrected chi connectivity index (χ2v) is 10.6. The summed E-state index contributed by atoms with van der Waals surface area (Å²) in [6.07, 6.45) is 4.64. The molecule has 3 aromatic rings. The summed E-state index contributed by atoms with van der Waals surface area (Å²) in [6.45, 7) is 2.63. The number of fused-ring (bicyclic) bond motifs is 1. The van der Waals surface area contributed by atoms with Crippen molar-refractivity contribution < 1.29 is 19.4 Å². The molecule has 0 saturated heterocycles. The fourth-order valence-corrected chi connectivity index (χ4v) is 6.00. The SMILES string of the molecule is Cc1ccc2c(c1OCc1ccccc1)C[C@H](C(=O)O)N(C(=O)[C@H](c1ccccc1)N(C)C1CCCC1)C2. The molecular weight excluding hydrogens is 476 g/mol. The van der Waals surface area contributed by atoms with E-state index in [4.69, 9.17) is 4.74 Å². The van der Waals surface area contributed by atoms with Crippen LogP contribution < -0.4 is 4.74 Å². The largest absolute Gasteiger partial charge is 0.488 e. The lowest BCUT2D eigenvalue weighted by Crippen LogP contribution is -2.53. The molecular formula is C32H36N2O4. The molecule has 2 aliphatic rings. The Morgan fingerprint density at radius 3 is 2.32 bits per heavy atom. The number of likely N-dealkylation sites (N-methyl/N-ethyl adjacent to an activating group) is 1. The van der Waals surface area contributed by atoms with Crippen LogP contribution in [0.4, 0.5) is 0 Å². The van der Waals surface area contributed by atoms with Crippen LogP contribution in [0.5, 0.6) is 5.75 Å². The lowest BCUT2D eigenvalue weighted by atomic mass is 9.90. The van der Waals surface area contributed by atoms with Crippen LogP contribution in [0.15, 0.2) is 72.8 Å². The third-order valence-corrected chi connectivity index (χ3v) is 8.12. The first kappa shape index (κ1) is 26.0. The summed E-state index contributed by atoms with van der Waals surface area (Å²) in [5.41, 5.74) is 4.74. The lowest BCUT2D eigenvalue weighted by molar-refractivity contribution is -0.154. The first-order valence-corrected chi connectivity index (χ1v) is 13.5. The lowest BCUT2D eigenvalue weighted by Gasteiger charge is -2.40. The standard InChI is InChI=1S/C32H36N2O4/c1-22-17-18-25-20-34(28(32(36)37)19-27(25)30(22)38-21-23-11-5-3-6-12-23)31(35)29(24-13-7-4-8-14-24)33(2)26-15-9-10-16-26/h3-8,11-14,17-18,26,28-29H,9-10,15-16,19-21H2,1-2H3,(H,36,37)/t28-,29+/m1/s1. The van der Waals surface area contributed by atoms with Crippen molar-refractivity contribution >= 4 is 11.9 Å². The van der Waals surface area contributed by atoms with E-state index in [9.17, 15) is 14.7 Å². The van der Waals surface area contributed by atoms with Crippen molar-refractivity contribution in [2.75, 3.05) is 7.05 Å². The normalized spacial score (nSPS) is 18.3. The summed E-state index contributed by atoms with van der Waals surface area (Å²) in [7, 11) is 2.01. The van der Waals surface area contributed by atoms with E-state index in [1.807, 2.05) is 86.8 Å². The first-order chi connectivity index (χ1) is 18.4. The molecule has 1 N–H and O–H groups in total. The van der Waals surface area contributed by atoms with Gasteiger partial charge in [0.25, 0.3) is 0 Å². The maximum Gasteiger partial charge on any atom is 0.326 e. The smallest absolute Gasteiger partial charge is 0.326 e. The van der Waals surface area contributed by atoms with Gasteiger partial charge in [0.05, 0.1) is 0 Å². The van der Waals surface area contributed by atoms with Crippen molar-refractivity contribution in [1.82, 2.24) is 9.80 Å². The summed E-state index contributed by atoms with van der Waals surface area (Å²) in [5.74, 6) is -0.418. The van der Waals surface area contributed by atoms with Crippen LogP contribution in [0.3, 0.4) is 0 Å². The Labute approximate surface area is 224 Å². The highest BCUT2D eigenvalue weighted by atomic mass is 16.5. The van der Waals surface area contributed by atoms with Gasteiger partial charge in [0.2, 0.25) is 5.91 Å². The van der Waals surface area contributed by atoms with E-state index in [2.05, 4.69) is 4.90 Å². The summed E-state index contributed by atoms with van der Waals surface area (Å²) < 4.78 is 6.26. The molecule has 1 saturated carbocycles. The molecule has 3 aromatic carbocycles. The van der Waals surface area contributed by atoms with Crippen molar-refractivity contribution in [3.63, 3.8) is 0 Å². The molecule has 0 spiro atoms. The van der Waals surface area contributed by atoms with Gasteiger partial charge in [-0.05, 0) is 49.1 Å². The van der Waals surface area contributed by atoms with Gasteiger partial charge in [0.15, 0.2) is 0 Å². The molecule has 0 unspecified atom stereocenters. The number of carbonyl (C=O) groups is 2. The van der Waals surface area contributed by atoms with E-state index in [1.54, 1.807) is 4.90 Å². The Kier molecular flexibility index (Phi) is 7.79. The monoisotopic (exact) mass is 512 g/mol. The van der Waals surface area contributed by atoms with E-state index < -0.39 is 18.1 Å². The number of ether oxygens (including phenoxy) is 1. The Morgan fingerprint density at radius 2 is 1.66 bits per heavy atom. The number of nitrogens with zero attached hydrogens (tertiary/aromatic N) is 2. The molecule has 1 aliphatic carbocycles. The third-order valence-electron chi connectivity index (χ3n) is 8.12. The van der Waals surface area contributed by atoms with Gasteiger partial charge in [0.1, 0.15) is 24.4 Å². The van der Waals surface area contributed by atoms with Gasteiger partial charge in [-0.15, -0.1) is 0 Å². The van der Waals surface area contributed by atoms with Crippen LogP contribution in [0.25, 0.3) is 0 Å². The maximum atomic E-state index is 14.3. The van der Waals surface area contributed by atoms with Crippen LogP contribution in [-0.4, -0.2) is 45.9 Å². The number of aryl methyl sites for hydroxylation is 1. The van der Waals surface area contributed by atoms with E-state index in [1.165, 1.54) is 0 Å². The highest BCUT2D eigenvalue weighted by Gasteiger charge is 2.41. The van der Waals surface area contributed by atoms with Crippen LogP contribution in [-0.2, 0) is 29.2 Å². The van der Waals surface area contributed by atoms with E-state index in [0.29, 0.717) is 12.6 Å². The molecule has 0 radical (unpaired) electrons. The number of hydrogen-bond acceptors (Lipinski definition) is 4. The second-order valence-electron chi connectivity index (χ2n) is 10.6. The number of aliphatic carboxylic acids is 1. The van der Waals surface area contributed by atoms with Gasteiger partial charge in [-0.2, -0.15) is 0 Å². The molecule has 38 heavy (non-hydrogen) atoms. The summed E-state index contributed by atoms with van der Waals surface area (Å²) in [6, 6.07) is 22.5. The number of carboxylic acids is 1. The van der Waals surface area contributed by atoms with Gasteiger partial charge in [-0.25, -0.2) is 4.79 Å². The van der Waals surface area contributed by atoms with E-state index in [-0.39, 0.29) is 18.9 Å². The fourth-order valence-electron chi connectivity index (χ4n) is 6.00. The van der Waals surface area contributed by atoms with Crippen molar-refractivity contribution in [3.8, 4) is 5.75 Å². The Bertz CT molecular complexity index is 1270. The van der Waals surface area contributed by atoms with Crippen molar-refractivity contribution in [2.45, 2.75) is 70.3 Å². The summed E-state index contributed by atoms with van der Waals surface area (Å²) in [4.78, 5) is 30.6. The quantitative estimate of drug-likeness (QED) is 0.430. The van der Waals surface area contributed by atoms with Crippen LogP contribution >= 0.6 is 0 Å². The summed E-state index contributed by atoms with van der Waals surface area (Å²) >= 11 is 0. The zero-order valence-corrected chi connectivity index (χ0v) is 22.2. The number of carbonyl (C=O) groups excluding carboxylic acids is 1. The zero-order chi connectivity index (χ0) is 26.6. The molecule has 198 valence electrons. The van der Waals surface area contributed by atoms with Crippen molar-refractivity contribution in [2.24, 2.45) is 0 Å².